The molecular formula is C47H42N4. The number of aromatic nitrogens is 4. The van der Waals surface area contributed by atoms with Crippen molar-refractivity contribution in [1.29, 1.82) is 0 Å². The Labute approximate surface area is 300 Å². The summed E-state index contributed by atoms with van der Waals surface area (Å²) in [6, 6.07) is 51.6. The van der Waals surface area contributed by atoms with Gasteiger partial charge < -0.3 is 4.57 Å². The van der Waals surface area contributed by atoms with E-state index in [1.165, 1.54) is 32.9 Å². The Morgan fingerprint density at radius 1 is 0.392 bits per heavy atom. The van der Waals surface area contributed by atoms with E-state index in [1.807, 2.05) is 60.7 Å². The van der Waals surface area contributed by atoms with Gasteiger partial charge in [0.25, 0.3) is 0 Å². The molecule has 0 aliphatic carbocycles. The van der Waals surface area contributed by atoms with Gasteiger partial charge in [0.05, 0.1) is 16.7 Å². The summed E-state index contributed by atoms with van der Waals surface area (Å²) in [4.78, 5) is 14.8. The SMILES string of the molecule is CC(C)(C)c1ccc2c(c1)c1cc(C(C)(C)C)ccc1n2-c1ccccc1-c1ccc(-c2nc(-c3ccccc3)nc(-c3ccccc3)n2)cc1. The summed E-state index contributed by atoms with van der Waals surface area (Å²) >= 11 is 0. The summed E-state index contributed by atoms with van der Waals surface area (Å²) in [7, 11) is 0. The molecule has 0 aliphatic heterocycles. The van der Waals surface area contributed by atoms with Crippen LogP contribution in [0.5, 0.6) is 0 Å². The molecule has 0 bridgehead atoms. The van der Waals surface area contributed by atoms with Crippen LogP contribution in [0, 0.1) is 0 Å². The minimum atomic E-state index is 0.0478. The highest BCUT2D eigenvalue weighted by atomic mass is 15.0. The van der Waals surface area contributed by atoms with E-state index in [9.17, 15) is 0 Å². The molecule has 51 heavy (non-hydrogen) atoms. The third-order valence-corrected chi connectivity index (χ3v) is 9.80. The molecule has 8 rings (SSSR count). The highest BCUT2D eigenvalue weighted by molar-refractivity contribution is 6.10. The first kappa shape index (κ1) is 32.3. The number of nitrogens with zero attached hydrogens (tertiary/aromatic N) is 4. The fourth-order valence-corrected chi connectivity index (χ4v) is 6.87. The van der Waals surface area contributed by atoms with E-state index >= 15 is 0 Å². The summed E-state index contributed by atoms with van der Waals surface area (Å²) in [5.74, 6) is 1.96. The lowest BCUT2D eigenvalue weighted by molar-refractivity contribution is 0.590. The van der Waals surface area contributed by atoms with Crippen molar-refractivity contribution in [2.24, 2.45) is 0 Å². The first-order valence-electron chi connectivity index (χ1n) is 17.7. The smallest absolute Gasteiger partial charge is 0.164 e. The van der Waals surface area contributed by atoms with Gasteiger partial charge in [0.1, 0.15) is 0 Å². The minimum Gasteiger partial charge on any atom is -0.309 e. The van der Waals surface area contributed by atoms with E-state index in [4.69, 9.17) is 15.0 Å². The zero-order valence-corrected chi connectivity index (χ0v) is 30.1. The predicted octanol–water partition coefficient (Wildman–Crippen LogP) is 12.2. The zero-order chi connectivity index (χ0) is 35.3. The van der Waals surface area contributed by atoms with Gasteiger partial charge in [0.2, 0.25) is 0 Å². The highest BCUT2D eigenvalue weighted by Gasteiger charge is 2.22. The molecule has 0 unspecified atom stereocenters. The molecule has 0 atom stereocenters. The maximum atomic E-state index is 4.95. The molecule has 4 nitrogen and oxygen atoms in total. The van der Waals surface area contributed by atoms with E-state index in [0.717, 1.165) is 33.5 Å². The molecule has 0 radical (unpaired) electrons. The molecule has 0 fully saturated rings. The molecule has 0 saturated heterocycles. The Kier molecular flexibility index (Phi) is 7.91. The quantitative estimate of drug-likeness (QED) is 0.184. The topological polar surface area (TPSA) is 43.6 Å². The molecule has 250 valence electrons. The Balaban J connectivity index is 1.26. The van der Waals surface area contributed by atoms with Crippen LogP contribution in [-0.2, 0) is 10.8 Å². The summed E-state index contributed by atoms with van der Waals surface area (Å²) in [5, 5.41) is 2.57. The molecule has 8 aromatic rings. The standard InChI is InChI=1S/C47H42N4/c1-46(2,3)35-25-27-41-38(29-35)39-30-36(47(4,5)6)26-28-42(39)51(41)40-20-14-13-19-37(40)31-21-23-34(24-22-31)45-49-43(32-15-9-7-10-16-32)48-44(50-45)33-17-11-8-12-18-33/h7-30H,1-6H3. The van der Waals surface area contributed by atoms with Crippen molar-refractivity contribution in [3.8, 4) is 51.0 Å². The van der Waals surface area contributed by atoms with Crippen LogP contribution in [0.25, 0.3) is 72.8 Å². The van der Waals surface area contributed by atoms with Crippen LogP contribution in [0.2, 0.25) is 0 Å². The van der Waals surface area contributed by atoms with Crippen LogP contribution in [0.15, 0.2) is 146 Å². The maximum absolute atomic E-state index is 4.95. The average Bonchev–Trinajstić information content (AvgIpc) is 3.48. The first-order chi connectivity index (χ1) is 24.5. The number of fused-ring (bicyclic) bond motifs is 3. The molecule has 4 heteroatoms. The summed E-state index contributed by atoms with van der Waals surface area (Å²) in [5.41, 5.74) is 11.5. The lowest BCUT2D eigenvalue weighted by Gasteiger charge is -2.19. The van der Waals surface area contributed by atoms with Gasteiger partial charge in [0.15, 0.2) is 17.5 Å². The van der Waals surface area contributed by atoms with Crippen LogP contribution in [-0.4, -0.2) is 19.5 Å². The number of rotatable bonds is 5. The largest absolute Gasteiger partial charge is 0.309 e. The van der Waals surface area contributed by atoms with Crippen molar-refractivity contribution in [1.82, 2.24) is 19.5 Å². The van der Waals surface area contributed by atoms with Gasteiger partial charge in [-0.1, -0.05) is 157 Å². The van der Waals surface area contributed by atoms with Crippen molar-refractivity contribution in [3.63, 3.8) is 0 Å². The minimum absolute atomic E-state index is 0.0478. The second-order valence-electron chi connectivity index (χ2n) is 15.4. The third-order valence-electron chi connectivity index (χ3n) is 9.80. The molecule has 0 aliphatic rings. The Morgan fingerprint density at radius 2 is 0.784 bits per heavy atom. The van der Waals surface area contributed by atoms with Gasteiger partial charge in [-0.3, -0.25) is 0 Å². The van der Waals surface area contributed by atoms with Gasteiger partial charge in [-0.15, -0.1) is 0 Å². The molecule has 0 spiro atoms. The molecule has 0 amide bonds. The van der Waals surface area contributed by atoms with Gasteiger partial charge in [-0.25, -0.2) is 15.0 Å². The van der Waals surface area contributed by atoms with Crippen molar-refractivity contribution >= 4 is 21.8 Å². The Hall–Kier alpha value is -5.87. The first-order valence-corrected chi connectivity index (χ1v) is 17.7. The van der Waals surface area contributed by atoms with E-state index < -0.39 is 0 Å². The van der Waals surface area contributed by atoms with E-state index in [1.54, 1.807) is 0 Å². The lowest BCUT2D eigenvalue weighted by atomic mass is 9.85. The van der Waals surface area contributed by atoms with Crippen molar-refractivity contribution in [2.75, 3.05) is 0 Å². The summed E-state index contributed by atoms with van der Waals surface area (Å²) < 4.78 is 2.44. The van der Waals surface area contributed by atoms with Crippen LogP contribution < -0.4 is 0 Å². The van der Waals surface area contributed by atoms with Crippen LogP contribution in [0.1, 0.15) is 52.7 Å². The van der Waals surface area contributed by atoms with E-state index in [0.29, 0.717) is 17.5 Å². The fourth-order valence-electron chi connectivity index (χ4n) is 6.87. The average molecular weight is 663 g/mol. The maximum Gasteiger partial charge on any atom is 0.164 e. The molecular weight excluding hydrogens is 621 g/mol. The lowest BCUT2D eigenvalue weighted by Crippen LogP contribution is -2.10. The third kappa shape index (κ3) is 6.12. The monoisotopic (exact) mass is 662 g/mol. The Morgan fingerprint density at radius 3 is 1.24 bits per heavy atom. The Bertz CT molecular complexity index is 2390. The zero-order valence-electron chi connectivity index (χ0n) is 30.1. The van der Waals surface area contributed by atoms with Crippen LogP contribution in [0.4, 0.5) is 0 Å². The number of para-hydroxylation sites is 1. The van der Waals surface area contributed by atoms with Crippen molar-refractivity contribution in [2.45, 2.75) is 52.4 Å². The van der Waals surface area contributed by atoms with Gasteiger partial charge >= 0.3 is 0 Å². The molecule has 2 aromatic heterocycles. The molecule has 2 heterocycles. The van der Waals surface area contributed by atoms with Crippen LogP contribution in [0.3, 0.4) is 0 Å². The number of hydrogen-bond acceptors (Lipinski definition) is 3. The second kappa shape index (κ2) is 12.5. The van der Waals surface area contributed by atoms with Crippen LogP contribution >= 0.6 is 0 Å². The molecule has 0 saturated carbocycles. The van der Waals surface area contributed by atoms with Gasteiger partial charge in [-0.05, 0) is 57.9 Å². The van der Waals surface area contributed by atoms with Gasteiger partial charge in [-0.2, -0.15) is 0 Å². The summed E-state index contributed by atoms with van der Waals surface area (Å²) in [6.07, 6.45) is 0. The molecule has 0 N–H and O–H groups in total. The number of hydrogen-bond donors (Lipinski definition) is 0. The van der Waals surface area contributed by atoms with Crippen molar-refractivity contribution < 1.29 is 0 Å². The summed E-state index contributed by atoms with van der Waals surface area (Å²) in [6.45, 7) is 13.7. The molecule has 6 aromatic carbocycles. The fraction of sp³-hybridized carbons (Fsp3) is 0.170. The van der Waals surface area contributed by atoms with Gasteiger partial charge in [0, 0.05) is 33.0 Å². The van der Waals surface area contributed by atoms with E-state index in [-0.39, 0.29) is 10.8 Å². The van der Waals surface area contributed by atoms with E-state index in [2.05, 4.69) is 131 Å². The normalized spacial score (nSPS) is 12.1. The highest BCUT2D eigenvalue weighted by Crippen LogP contribution is 2.40. The predicted molar refractivity (Wildman–Crippen MR) is 213 cm³/mol. The van der Waals surface area contributed by atoms with Crippen molar-refractivity contribution in [3.05, 3.63) is 157 Å². The second-order valence-corrected chi connectivity index (χ2v) is 15.4. The number of benzene rings is 6.